The standard InChI is InChI=1S/C18H22F3N5O2.2ClH/c1-12(22)9-16(27)26-7-5-25(6-8-26)11-15-23-17(24-28-15)13-3-2-4-14(10-13)18(19,20)21;;/h2-4,10,12H,5-9,11,22H2,1H3;2*1H. The van der Waals surface area contributed by atoms with E-state index < -0.39 is 11.7 Å². The highest BCUT2D eigenvalue weighted by Gasteiger charge is 2.31. The van der Waals surface area contributed by atoms with Gasteiger partial charge in [0.05, 0.1) is 12.1 Å². The van der Waals surface area contributed by atoms with Crippen LogP contribution in [0.15, 0.2) is 28.8 Å². The second-order valence-corrected chi connectivity index (χ2v) is 6.93. The fraction of sp³-hybridized carbons (Fsp3) is 0.500. The summed E-state index contributed by atoms with van der Waals surface area (Å²) < 4.78 is 43.7. The molecule has 1 aliphatic rings. The van der Waals surface area contributed by atoms with Gasteiger partial charge in [0.2, 0.25) is 17.6 Å². The Bertz CT molecular complexity index is 824. The van der Waals surface area contributed by atoms with Crippen LogP contribution in [-0.2, 0) is 17.5 Å². The van der Waals surface area contributed by atoms with Crippen molar-refractivity contribution in [1.82, 2.24) is 19.9 Å². The number of hydrogen-bond donors (Lipinski definition) is 1. The lowest BCUT2D eigenvalue weighted by Gasteiger charge is -2.34. The van der Waals surface area contributed by atoms with E-state index in [2.05, 4.69) is 15.0 Å². The van der Waals surface area contributed by atoms with Gasteiger partial charge in [0.1, 0.15) is 0 Å². The molecule has 3 rings (SSSR count). The molecule has 168 valence electrons. The second kappa shape index (κ2) is 10.9. The van der Waals surface area contributed by atoms with Crippen LogP contribution >= 0.6 is 24.8 Å². The number of piperazine rings is 1. The van der Waals surface area contributed by atoms with Crippen LogP contribution in [0, 0.1) is 0 Å². The molecule has 1 unspecified atom stereocenters. The van der Waals surface area contributed by atoms with Gasteiger partial charge in [0.15, 0.2) is 0 Å². The number of aromatic nitrogens is 2. The molecule has 1 aliphatic heterocycles. The summed E-state index contributed by atoms with van der Waals surface area (Å²) in [5, 5.41) is 3.79. The summed E-state index contributed by atoms with van der Waals surface area (Å²) in [4.78, 5) is 20.1. The van der Waals surface area contributed by atoms with Crippen molar-refractivity contribution in [2.75, 3.05) is 26.2 Å². The molecule has 0 radical (unpaired) electrons. The zero-order valence-corrected chi connectivity index (χ0v) is 17.9. The summed E-state index contributed by atoms with van der Waals surface area (Å²) >= 11 is 0. The number of alkyl halides is 3. The van der Waals surface area contributed by atoms with Crippen molar-refractivity contribution >= 4 is 30.7 Å². The number of rotatable bonds is 5. The minimum atomic E-state index is -4.43. The molecule has 1 atom stereocenters. The number of carbonyl (C=O) groups excluding carboxylic acids is 1. The van der Waals surface area contributed by atoms with Crippen LogP contribution in [0.4, 0.5) is 13.2 Å². The first-order chi connectivity index (χ1) is 13.2. The zero-order chi connectivity index (χ0) is 20.3. The van der Waals surface area contributed by atoms with E-state index in [1.807, 2.05) is 0 Å². The van der Waals surface area contributed by atoms with E-state index in [4.69, 9.17) is 10.3 Å². The maximum atomic E-state index is 12.9. The molecule has 1 aromatic heterocycles. The first-order valence-corrected chi connectivity index (χ1v) is 8.98. The highest BCUT2D eigenvalue weighted by molar-refractivity contribution is 5.85. The molecule has 1 amide bonds. The summed E-state index contributed by atoms with van der Waals surface area (Å²) in [5.41, 5.74) is 5.15. The van der Waals surface area contributed by atoms with Crippen LogP contribution in [0.25, 0.3) is 11.4 Å². The third-order valence-electron chi connectivity index (χ3n) is 4.50. The summed E-state index contributed by atoms with van der Waals surface area (Å²) in [5.74, 6) is 0.480. The van der Waals surface area contributed by atoms with Crippen LogP contribution in [-0.4, -0.2) is 58.1 Å². The first-order valence-electron chi connectivity index (χ1n) is 8.98. The second-order valence-electron chi connectivity index (χ2n) is 6.93. The Labute approximate surface area is 184 Å². The number of nitrogens with zero attached hydrogens (tertiary/aromatic N) is 4. The number of benzene rings is 1. The van der Waals surface area contributed by atoms with Gasteiger partial charge in [-0.1, -0.05) is 17.3 Å². The Kier molecular flexibility index (Phi) is 9.54. The lowest BCUT2D eigenvalue weighted by Crippen LogP contribution is -2.49. The van der Waals surface area contributed by atoms with Gasteiger partial charge in [-0.25, -0.2) is 0 Å². The number of halogens is 5. The molecule has 1 aromatic carbocycles. The monoisotopic (exact) mass is 469 g/mol. The van der Waals surface area contributed by atoms with E-state index in [9.17, 15) is 18.0 Å². The highest BCUT2D eigenvalue weighted by atomic mass is 35.5. The van der Waals surface area contributed by atoms with E-state index in [1.54, 1.807) is 11.8 Å². The molecular weight excluding hydrogens is 446 g/mol. The molecule has 0 spiro atoms. The van der Waals surface area contributed by atoms with Gasteiger partial charge in [0.25, 0.3) is 0 Å². The largest absolute Gasteiger partial charge is 0.416 e. The Morgan fingerprint density at radius 2 is 1.90 bits per heavy atom. The van der Waals surface area contributed by atoms with E-state index >= 15 is 0 Å². The number of amides is 1. The van der Waals surface area contributed by atoms with Crippen molar-refractivity contribution in [3.8, 4) is 11.4 Å². The van der Waals surface area contributed by atoms with E-state index in [0.29, 0.717) is 45.0 Å². The van der Waals surface area contributed by atoms with Gasteiger partial charge < -0.3 is 15.2 Å². The summed E-state index contributed by atoms with van der Waals surface area (Å²) in [6.07, 6.45) is -4.11. The van der Waals surface area contributed by atoms with Crippen LogP contribution in [0.3, 0.4) is 0 Å². The molecule has 0 saturated carbocycles. The topological polar surface area (TPSA) is 88.5 Å². The fourth-order valence-electron chi connectivity index (χ4n) is 3.02. The molecule has 1 fully saturated rings. The third-order valence-corrected chi connectivity index (χ3v) is 4.50. The van der Waals surface area contributed by atoms with E-state index in [-0.39, 0.29) is 48.2 Å². The SMILES string of the molecule is CC(N)CC(=O)N1CCN(Cc2nc(-c3cccc(C(F)(F)F)c3)no2)CC1.Cl.Cl. The Balaban J connectivity index is 0.00000225. The van der Waals surface area contributed by atoms with Crippen molar-refractivity contribution in [3.63, 3.8) is 0 Å². The number of hydrogen-bond acceptors (Lipinski definition) is 6. The Hall–Kier alpha value is -1.88. The normalized spacial score (nSPS) is 15.8. The molecule has 2 N–H and O–H groups in total. The van der Waals surface area contributed by atoms with Gasteiger partial charge in [-0.3, -0.25) is 9.69 Å². The molecular formula is C18H24Cl2F3N5O2. The lowest BCUT2D eigenvalue weighted by molar-refractivity contribution is -0.137. The summed E-state index contributed by atoms with van der Waals surface area (Å²) in [6, 6.07) is 4.64. The van der Waals surface area contributed by atoms with Gasteiger partial charge in [-0.05, 0) is 19.1 Å². The van der Waals surface area contributed by atoms with Crippen molar-refractivity contribution < 1.29 is 22.5 Å². The van der Waals surface area contributed by atoms with Crippen LogP contribution in [0.5, 0.6) is 0 Å². The van der Waals surface area contributed by atoms with Crippen molar-refractivity contribution in [1.29, 1.82) is 0 Å². The summed E-state index contributed by atoms with van der Waals surface area (Å²) in [6.45, 7) is 4.63. The van der Waals surface area contributed by atoms with Gasteiger partial charge in [-0.2, -0.15) is 18.2 Å². The molecule has 0 aliphatic carbocycles. The minimum Gasteiger partial charge on any atom is -0.340 e. The lowest BCUT2D eigenvalue weighted by atomic mass is 10.1. The first kappa shape index (κ1) is 26.2. The van der Waals surface area contributed by atoms with Crippen LogP contribution in [0.2, 0.25) is 0 Å². The summed E-state index contributed by atoms with van der Waals surface area (Å²) in [7, 11) is 0. The van der Waals surface area contributed by atoms with Crippen LogP contribution in [0.1, 0.15) is 24.8 Å². The van der Waals surface area contributed by atoms with Gasteiger partial charge >= 0.3 is 6.18 Å². The molecule has 2 aromatic rings. The van der Waals surface area contributed by atoms with Crippen molar-refractivity contribution in [3.05, 3.63) is 35.7 Å². The van der Waals surface area contributed by atoms with Gasteiger partial charge in [-0.15, -0.1) is 24.8 Å². The number of carbonyl (C=O) groups is 1. The number of nitrogens with two attached hydrogens (primary N) is 1. The predicted octanol–water partition coefficient (Wildman–Crippen LogP) is 2.98. The Morgan fingerprint density at radius 1 is 1.23 bits per heavy atom. The van der Waals surface area contributed by atoms with Gasteiger partial charge in [0, 0.05) is 44.2 Å². The van der Waals surface area contributed by atoms with Crippen molar-refractivity contribution in [2.45, 2.75) is 32.1 Å². The molecule has 7 nitrogen and oxygen atoms in total. The molecule has 30 heavy (non-hydrogen) atoms. The molecule has 2 heterocycles. The van der Waals surface area contributed by atoms with E-state index in [0.717, 1.165) is 12.1 Å². The minimum absolute atomic E-state index is 0. The maximum Gasteiger partial charge on any atom is 0.416 e. The third kappa shape index (κ3) is 6.83. The highest BCUT2D eigenvalue weighted by Crippen LogP contribution is 2.31. The smallest absolute Gasteiger partial charge is 0.340 e. The molecule has 12 heteroatoms. The zero-order valence-electron chi connectivity index (χ0n) is 16.3. The molecule has 1 saturated heterocycles. The Morgan fingerprint density at radius 3 is 2.50 bits per heavy atom. The average molecular weight is 470 g/mol. The average Bonchev–Trinajstić information content (AvgIpc) is 3.10. The molecule has 0 bridgehead atoms. The maximum absolute atomic E-state index is 12.9. The fourth-order valence-corrected chi connectivity index (χ4v) is 3.02. The quantitative estimate of drug-likeness (QED) is 0.723. The van der Waals surface area contributed by atoms with Crippen LogP contribution < -0.4 is 5.73 Å². The van der Waals surface area contributed by atoms with E-state index in [1.165, 1.54) is 12.1 Å². The predicted molar refractivity (Wildman–Crippen MR) is 109 cm³/mol. The van der Waals surface area contributed by atoms with Crippen molar-refractivity contribution in [2.24, 2.45) is 5.73 Å².